The Morgan fingerprint density at radius 3 is 2.75 bits per heavy atom. The van der Waals surface area contributed by atoms with E-state index in [-0.39, 0.29) is 0 Å². The molecule has 0 aliphatic heterocycles. The Labute approximate surface area is 87.1 Å². The zero-order valence-corrected chi connectivity index (χ0v) is 6.50. The minimum Gasteiger partial charge on any atom is -0.550 e. The van der Waals surface area contributed by atoms with Gasteiger partial charge in [0.2, 0.25) is 0 Å². The maximum atomic E-state index is 10.5. The molecular formula is C8H17NO3. The third-order valence-electron chi connectivity index (χ3n) is 1.04. The van der Waals surface area contributed by atoms with E-state index >= 15 is 0 Å². The van der Waals surface area contributed by atoms with Crippen molar-refractivity contribution in [2.75, 3.05) is 26.9 Å². The summed E-state index contributed by atoms with van der Waals surface area (Å²) in [4.78, 5) is 10.5. The fraction of sp³-hybridized carbons (Fsp3) is 0.875. The molecule has 0 aromatic heterocycles. The number of aliphatic carboxylic acids is 1. The molecule has 4 nitrogen and oxygen atoms in total. The molecule has 0 aromatic carbocycles. The van der Waals surface area contributed by atoms with Crippen LogP contribution >= 0.6 is 0 Å². The third-order valence-corrected chi connectivity index (χ3v) is 1.04. The van der Waals surface area contributed by atoms with E-state index in [4.69, 9.17) is 13.7 Å². The van der Waals surface area contributed by atoms with Gasteiger partial charge in [-0.1, -0.05) is 0 Å². The van der Waals surface area contributed by atoms with Crippen molar-refractivity contribution in [3.8, 4) is 0 Å². The first-order chi connectivity index (χ1) is 9.34. The molecule has 0 bridgehead atoms. The van der Waals surface area contributed by atoms with Crippen LogP contribution in [0.2, 0.25) is 0 Å². The Morgan fingerprint density at radius 1 is 1.83 bits per heavy atom. The molecular weight excluding hydrogens is 158 g/mol. The van der Waals surface area contributed by atoms with Gasteiger partial charge in [-0.3, -0.25) is 0 Å². The number of aliphatic hydroxyl groups excluding tert-OH is 1. The SMILES string of the molecule is [2H]C([2H])([2H])[N+](C([2H])([2H])[2H])(C([2H])([2H])C)C([2H])([2H])[C@H](O)CC(=O)[O-]. The number of hydrogen-bond acceptors (Lipinski definition) is 3. The van der Waals surface area contributed by atoms with Gasteiger partial charge < -0.3 is 19.5 Å². The maximum absolute atomic E-state index is 10.5. The van der Waals surface area contributed by atoms with Crippen LogP contribution in [0.25, 0.3) is 0 Å². The van der Waals surface area contributed by atoms with Crippen molar-refractivity contribution >= 4 is 5.97 Å². The summed E-state index contributed by atoms with van der Waals surface area (Å²) in [5.74, 6) is -1.94. The Morgan fingerprint density at radius 2 is 2.42 bits per heavy atom. The number of hydrogen-bond donors (Lipinski definition) is 1. The predicted octanol–water partition coefficient (Wildman–Crippen LogP) is -1.42. The second-order valence-corrected chi connectivity index (χ2v) is 2.12. The number of carboxylic acids is 1. The number of quaternary nitrogens is 1. The van der Waals surface area contributed by atoms with Crippen molar-refractivity contribution in [1.29, 1.82) is 0 Å². The van der Waals surface area contributed by atoms with Crippen LogP contribution in [0.5, 0.6) is 0 Å². The summed E-state index contributed by atoms with van der Waals surface area (Å²) in [6.45, 7) is -13.9. The van der Waals surface area contributed by atoms with Crippen molar-refractivity contribution in [2.45, 2.75) is 19.4 Å². The van der Waals surface area contributed by atoms with Crippen molar-refractivity contribution in [1.82, 2.24) is 0 Å². The number of aliphatic hydroxyl groups is 1. The molecule has 0 aliphatic carbocycles. The van der Waals surface area contributed by atoms with Crippen LogP contribution in [0, 0.1) is 0 Å². The molecule has 0 heterocycles. The summed E-state index contributed by atoms with van der Waals surface area (Å²) in [5.41, 5.74) is 0. The van der Waals surface area contributed by atoms with Crippen LogP contribution in [-0.4, -0.2) is 48.6 Å². The van der Waals surface area contributed by atoms with E-state index < -0.39 is 49.9 Å². The van der Waals surface area contributed by atoms with E-state index in [2.05, 4.69) is 0 Å². The predicted molar refractivity (Wildman–Crippen MR) is 43.1 cm³/mol. The molecule has 0 aliphatic rings. The lowest BCUT2D eigenvalue weighted by molar-refractivity contribution is -0.891. The topological polar surface area (TPSA) is 60.4 Å². The summed E-state index contributed by atoms with van der Waals surface area (Å²) >= 11 is 0. The second-order valence-electron chi connectivity index (χ2n) is 2.12. The fourth-order valence-corrected chi connectivity index (χ4v) is 0.492. The maximum Gasteiger partial charge on any atom is 0.108 e. The zero-order valence-electron chi connectivity index (χ0n) is 16.5. The monoisotopic (exact) mass is 185 g/mol. The normalized spacial score (nSPS) is 31.2. The van der Waals surface area contributed by atoms with E-state index in [9.17, 15) is 15.0 Å². The lowest BCUT2D eigenvalue weighted by Gasteiger charge is -2.30. The molecule has 0 unspecified atom stereocenters. The fourth-order valence-electron chi connectivity index (χ4n) is 0.492. The molecule has 0 saturated heterocycles. The van der Waals surface area contributed by atoms with Crippen LogP contribution in [-0.2, 0) is 4.79 Å². The Kier molecular flexibility index (Phi) is 1.09. The molecule has 0 amide bonds. The average Bonchev–Trinajstić information content (AvgIpc) is 2.07. The first-order valence-corrected chi connectivity index (χ1v) is 3.11. The molecule has 0 rings (SSSR count). The highest BCUT2D eigenvalue weighted by molar-refractivity contribution is 5.64. The van der Waals surface area contributed by atoms with Crippen LogP contribution < -0.4 is 5.11 Å². The van der Waals surface area contributed by atoms with Crippen LogP contribution in [0.1, 0.15) is 27.1 Å². The molecule has 0 aromatic rings. The molecule has 0 radical (unpaired) electrons. The quantitative estimate of drug-likeness (QED) is 0.535. The largest absolute Gasteiger partial charge is 0.550 e. The Hall–Kier alpha value is -0.610. The van der Waals surface area contributed by atoms with Gasteiger partial charge in [0.15, 0.2) is 0 Å². The van der Waals surface area contributed by atoms with E-state index in [1.54, 1.807) is 0 Å². The highest BCUT2D eigenvalue weighted by Crippen LogP contribution is 2.01. The van der Waals surface area contributed by atoms with Crippen molar-refractivity contribution in [3.63, 3.8) is 0 Å². The number of rotatable bonds is 5. The first kappa shape index (κ1) is 2.96. The molecule has 1 atom stereocenters. The summed E-state index contributed by atoms with van der Waals surface area (Å²) < 4.78 is 72.1. The van der Waals surface area contributed by atoms with E-state index in [1.165, 1.54) is 0 Å². The number of carboxylic acid groups (broad SMARTS) is 1. The molecule has 0 saturated carbocycles. The summed E-state index contributed by atoms with van der Waals surface area (Å²) in [7, 11) is 0. The van der Waals surface area contributed by atoms with E-state index in [1.807, 2.05) is 0 Å². The van der Waals surface area contributed by atoms with Gasteiger partial charge in [-0.25, -0.2) is 0 Å². The molecule has 0 fully saturated rings. The Bertz CT molecular complexity index is 387. The van der Waals surface area contributed by atoms with Gasteiger partial charge >= 0.3 is 0 Å². The molecule has 12 heavy (non-hydrogen) atoms. The standard InChI is InChI=1S/C8H17NO3/c1-4-9(2,3)6-7(10)5-8(11)12/h7,10H,4-6H2,1-3H3/t7-/m1/s1/i2D3,3D3,4D2,6D2. The smallest absolute Gasteiger partial charge is 0.108 e. The molecule has 0 spiro atoms. The highest BCUT2D eigenvalue weighted by Gasteiger charge is 2.17. The van der Waals surface area contributed by atoms with Gasteiger partial charge in [0.05, 0.1) is 34.2 Å². The van der Waals surface area contributed by atoms with Crippen molar-refractivity contribution < 1.29 is 33.2 Å². The van der Waals surface area contributed by atoms with Crippen molar-refractivity contribution in [3.05, 3.63) is 0 Å². The second kappa shape index (κ2) is 4.42. The third kappa shape index (κ3) is 5.09. The zero-order chi connectivity index (χ0) is 18.4. The number of carbonyl (C=O) groups excluding carboxylic acids is 1. The van der Waals surface area contributed by atoms with Gasteiger partial charge in [-0.05, 0) is 6.92 Å². The number of nitrogens with zero attached hydrogens (tertiary/aromatic N) is 1. The van der Waals surface area contributed by atoms with E-state index in [0.29, 0.717) is 6.92 Å². The van der Waals surface area contributed by atoms with Gasteiger partial charge in [-0.2, -0.15) is 0 Å². The van der Waals surface area contributed by atoms with Gasteiger partial charge in [0.1, 0.15) is 12.6 Å². The number of carbonyl (C=O) groups is 1. The minimum absolute atomic E-state index is 0.537. The van der Waals surface area contributed by atoms with Crippen molar-refractivity contribution in [2.24, 2.45) is 0 Å². The average molecular weight is 185 g/mol. The summed E-state index contributed by atoms with van der Waals surface area (Å²) in [6, 6.07) is 0. The van der Waals surface area contributed by atoms with Crippen LogP contribution in [0.3, 0.4) is 0 Å². The highest BCUT2D eigenvalue weighted by atomic mass is 16.4. The first-order valence-electron chi connectivity index (χ1n) is 8.11. The number of likely N-dealkylation sites (N-methyl/N-ethyl adjacent to an activating group) is 1. The van der Waals surface area contributed by atoms with E-state index in [0.717, 1.165) is 0 Å². The molecule has 1 N–H and O–H groups in total. The van der Waals surface area contributed by atoms with Gasteiger partial charge in [-0.15, -0.1) is 0 Å². The molecule has 72 valence electrons. The minimum atomic E-state index is -3.76. The summed E-state index contributed by atoms with van der Waals surface area (Å²) in [5, 5.41) is 20.2. The summed E-state index contributed by atoms with van der Waals surface area (Å²) in [6.07, 6.45) is -4.01. The van der Waals surface area contributed by atoms with Crippen LogP contribution in [0.4, 0.5) is 0 Å². The van der Waals surface area contributed by atoms with Gasteiger partial charge in [0, 0.05) is 12.4 Å². The Balaban J connectivity index is 6.61. The lowest BCUT2D eigenvalue weighted by atomic mass is 10.2. The molecule has 4 heteroatoms. The lowest BCUT2D eigenvalue weighted by Crippen LogP contribution is -2.46. The van der Waals surface area contributed by atoms with Gasteiger partial charge in [0.25, 0.3) is 0 Å². The van der Waals surface area contributed by atoms with Crippen LogP contribution in [0.15, 0.2) is 0 Å².